The quantitative estimate of drug-likeness (QED) is 0.752. The van der Waals surface area contributed by atoms with Gasteiger partial charge in [0.2, 0.25) is 0 Å². The van der Waals surface area contributed by atoms with Crippen LogP contribution in [-0.2, 0) is 6.54 Å². The fraction of sp³-hybridized carbons (Fsp3) is 0.524. The summed E-state index contributed by atoms with van der Waals surface area (Å²) in [4.78, 5) is 21.9. The molecule has 0 unspecified atom stereocenters. The van der Waals surface area contributed by atoms with Gasteiger partial charge >= 0.3 is 0 Å². The van der Waals surface area contributed by atoms with E-state index in [0.29, 0.717) is 24.5 Å². The number of aromatic nitrogens is 2. The second-order valence-corrected chi connectivity index (χ2v) is 7.30. The second-order valence-electron chi connectivity index (χ2n) is 7.30. The molecule has 0 aliphatic carbocycles. The van der Waals surface area contributed by atoms with Gasteiger partial charge in [0.05, 0.1) is 12.2 Å². The number of hydrogen-bond acceptors (Lipinski definition) is 4. The zero-order chi connectivity index (χ0) is 19.2. The number of likely N-dealkylation sites (N-methyl/N-ethyl adjacent to an activating group) is 1. The summed E-state index contributed by atoms with van der Waals surface area (Å²) in [6, 6.07) is 7.52. The van der Waals surface area contributed by atoms with Crippen molar-refractivity contribution in [2.24, 2.45) is 0 Å². The highest BCUT2D eigenvalue weighted by Crippen LogP contribution is 2.28. The number of amides is 1. The van der Waals surface area contributed by atoms with Crippen molar-refractivity contribution in [3.05, 3.63) is 48.0 Å². The van der Waals surface area contributed by atoms with Gasteiger partial charge in [-0.25, -0.2) is 4.98 Å². The molecule has 1 aliphatic heterocycles. The van der Waals surface area contributed by atoms with E-state index in [4.69, 9.17) is 4.74 Å². The van der Waals surface area contributed by atoms with E-state index in [1.807, 2.05) is 48.5 Å². The molecule has 6 nitrogen and oxygen atoms in total. The highest BCUT2D eigenvalue weighted by Gasteiger charge is 2.29. The Morgan fingerprint density at radius 3 is 2.93 bits per heavy atom. The first-order valence-electron chi connectivity index (χ1n) is 9.77. The molecule has 1 atom stereocenters. The van der Waals surface area contributed by atoms with Crippen LogP contribution >= 0.6 is 0 Å². The summed E-state index contributed by atoms with van der Waals surface area (Å²) in [5.41, 5.74) is 0.649. The molecule has 1 aromatic heterocycles. The lowest BCUT2D eigenvalue weighted by Crippen LogP contribution is -2.40. The summed E-state index contributed by atoms with van der Waals surface area (Å²) in [7, 11) is 4.15. The number of likely N-dealkylation sites (tertiary alicyclic amines) is 1. The third-order valence-corrected chi connectivity index (χ3v) is 5.03. The number of piperidine rings is 1. The first-order chi connectivity index (χ1) is 13.1. The predicted molar refractivity (Wildman–Crippen MR) is 106 cm³/mol. The smallest absolute Gasteiger partial charge is 0.257 e. The van der Waals surface area contributed by atoms with Crippen molar-refractivity contribution in [1.29, 1.82) is 0 Å². The topological polar surface area (TPSA) is 50.6 Å². The highest BCUT2D eigenvalue weighted by atomic mass is 16.5. The van der Waals surface area contributed by atoms with Crippen LogP contribution in [0.3, 0.4) is 0 Å². The number of rotatable bonds is 7. The first-order valence-corrected chi connectivity index (χ1v) is 9.77. The zero-order valence-corrected chi connectivity index (χ0v) is 16.6. The lowest BCUT2D eigenvalue weighted by Gasteiger charge is -2.33. The van der Waals surface area contributed by atoms with Crippen LogP contribution in [0.2, 0.25) is 0 Å². The standard InChI is InChI=1S/C21H30N4O2/c1-4-27-19-10-6-5-9-18(19)21(26)25-12-7-8-17(16-25)20-22-11-13-24(20)15-14-23(2)3/h5-6,9-11,13,17H,4,7-8,12,14-16H2,1-3H3/t17-/m1/s1. The van der Waals surface area contributed by atoms with Crippen molar-refractivity contribution in [1.82, 2.24) is 19.4 Å². The molecule has 0 spiro atoms. The van der Waals surface area contributed by atoms with Gasteiger partial charge < -0.3 is 19.1 Å². The Bertz CT molecular complexity index is 756. The third-order valence-electron chi connectivity index (χ3n) is 5.03. The lowest BCUT2D eigenvalue weighted by atomic mass is 9.96. The summed E-state index contributed by atoms with van der Waals surface area (Å²) in [5, 5.41) is 0. The van der Waals surface area contributed by atoms with E-state index in [2.05, 4.69) is 28.5 Å². The molecule has 27 heavy (non-hydrogen) atoms. The molecule has 1 fully saturated rings. The van der Waals surface area contributed by atoms with Gasteiger partial charge in [-0.2, -0.15) is 0 Å². The maximum absolute atomic E-state index is 13.1. The Hall–Kier alpha value is -2.34. The number of nitrogens with zero attached hydrogens (tertiary/aromatic N) is 4. The number of imidazole rings is 1. The number of para-hydroxylation sites is 1. The SMILES string of the molecule is CCOc1ccccc1C(=O)N1CCC[C@@H](c2nccn2CCN(C)C)C1. The Labute approximate surface area is 161 Å². The van der Waals surface area contributed by atoms with E-state index in [-0.39, 0.29) is 11.8 Å². The van der Waals surface area contributed by atoms with Crippen LogP contribution in [0.25, 0.3) is 0 Å². The number of benzene rings is 1. The molecule has 0 saturated carbocycles. The van der Waals surface area contributed by atoms with Gasteiger partial charge in [-0.15, -0.1) is 0 Å². The summed E-state index contributed by atoms with van der Waals surface area (Å²) >= 11 is 0. The Morgan fingerprint density at radius 1 is 1.33 bits per heavy atom. The molecule has 0 radical (unpaired) electrons. The van der Waals surface area contributed by atoms with Crippen molar-refractivity contribution in [3.8, 4) is 5.75 Å². The molecule has 2 aromatic rings. The van der Waals surface area contributed by atoms with Crippen molar-refractivity contribution >= 4 is 5.91 Å². The van der Waals surface area contributed by atoms with E-state index in [1.54, 1.807) is 0 Å². The van der Waals surface area contributed by atoms with Crippen LogP contribution < -0.4 is 4.74 Å². The molecule has 3 rings (SSSR count). The molecule has 1 saturated heterocycles. The third kappa shape index (κ3) is 4.69. The Morgan fingerprint density at radius 2 is 2.15 bits per heavy atom. The first kappa shape index (κ1) is 19.4. The molecule has 0 bridgehead atoms. The molecule has 1 aromatic carbocycles. The van der Waals surface area contributed by atoms with Crippen molar-refractivity contribution < 1.29 is 9.53 Å². The van der Waals surface area contributed by atoms with Crippen LogP contribution in [0.15, 0.2) is 36.7 Å². The lowest BCUT2D eigenvalue weighted by molar-refractivity contribution is 0.0699. The van der Waals surface area contributed by atoms with Gasteiger partial charge in [-0.1, -0.05) is 12.1 Å². The van der Waals surface area contributed by atoms with Gasteiger partial charge in [0, 0.05) is 44.5 Å². The zero-order valence-electron chi connectivity index (χ0n) is 16.6. The predicted octanol–water partition coefficient (Wildman–Crippen LogP) is 2.86. The second kappa shape index (κ2) is 9.04. The normalized spacial score (nSPS) is 17.3. The number of carbonyl (C=O) groups is 1. The number of hydrogen-bond donors (Lipinski definition) is 0. The summed E-state index contributed by atoms with van der Waals surface area (Å²) in [6.07, 6.45) is 5.98. The summed E-state index contributed by atoms with van der Waals surface area (Å²) in [6.45, 7) is 5.87. The molecule has 6 heteroatoms. The summed E-state index contributed by atoms with van der Waals surface area (Å²) < 4.78 is 7.88. The molecular formula is C21H30N4O2. The Kier molecular flexibility index (Phi) is 6.50. The minimum atomic E-state index is 0.0511. The van der Waals surface area contributed by atoms with Crippen molar-refractivity contribution in [2.75, 3.05) is 40.3 Å². The molecular weight excluding hydrogens is 340 g/mol. The molecule has 146 valence electrons. The van der Waals surface area contributed by atoms with Gasteiger partial charge in [-0.05, 0) is 46.0 Å². The highest BCUT2D eigenvalue weighted by molar-refractivity contribution is 5.97. The maximum Gasteiger partial charge on any atom is 0.257 e. The van der Waals surface area contributed by atoms with Gasteiger partial charge in [0.25, 0.3) is 5.91 Å². The largest absolute Gasteiger partial charge is 0.493 e. The van der Waals surface area contributed by atoms with E-state index < -0.39 is 0 Å². The van der Waals surface area contributed by atoms with Gasteiger partial charge in [-0.3, -0.25) is 4.79 Å². The number of ether oxygens (including phenoxy) is 1. The number of carbonyl (C=O) groups excluding carboxylic acids is 1. The molecule has 2 heterocycles. The fourth-order valence-corrected chi connectivity index (χ4v) is 3.64. The molecule has 0 N–H and O–H groups in total. The fourth-order valence-electron chi connectivity index (χ4n) is 3.64. The average Bonchev–Trinajstić information content (AvgIpc) is 3.15. The van der Waals surface area contributed by atoms with Crippen molar-refractivity contribution in [3.63, 3.8) is 0 Å². The minimum absolute atomic E-state index is 0.0511. The van der Waals surface area contributed by atoms with Crippen LogP contribution in [0.5, 0.6) is 5.75 Å². The molecule has 1 amide bonds. The monoisotopic (exact) mass is 370 g/mol. The summed E-state index contributed by atoms with van der Waals surface area (Å²) in [5.74, 6) is 2.08. The van der Waals surface area contributed by atoms with Crippen LogP contribution in [0.4, 0.5) is 0 Å². The van der Waals surface area contributed by atoms with E-state index >= 15 is 0 Å². The van der Waals surface area contributed by atoms with Crippen LogP contribution in [0.1, 0.15) is 41.9 Å². The van der Waals surface area contributed by atoms with Crippen LogP contribution in [0, 0.1) is 0 Å². The maximum atomic E-state index is 13.1. The van der Waals surface area contributed by atoms with E-state index in [9.17, 15) is 4.79 Å². The van der Waals surface area contributed by atoms with Gasteiger partial charge in [0.1, 0.15) is 11.6 Å². The van der Waals surface area contributed by atoms with Gasteiger partial charge in [0.15, 0.2) is 0 Å². The van der Waals surface area contributed by atoms with E-state index in [0.717, 1.165) is 38.3 Å². The van der Waals surface area contributed by atoms with Crippen molar-refractivity contribution in [2.45, 2.75) is 32.2 Å². The minimum Gasteiger partial charge on any atom is -0.493 e. The average molecular weight is 370 g/mol. The van der Waals surface area contributed by atoms with E-state index in [1.165, 1.54) is 0 Å². The molecule has 1 aliphatic rings. The van der Waals surface area contributed by atoms with Crippen LogP contribution in [-0.4, -0.2) is 65.6 Å². The Balaban J connectivity index is 1.73.